The van der Waals surface area contributed by atoms with Gasteiger partial charge in [0.1, 0.15) is 0 Å². The van der Waals surface area contributed by atoms with Crippen LogP contribution in [-0.4, -0.2) is 42.3 Å². The Kier molecular flexibility index (Phi) is 11.9. The minimum Gasteiger partial charge on any atom is -0.324 e. The lowest BCUT2D eigenvalue weighted by Gasteiger charge is -2.20. The highest BCUT2D eigenvalue weighted by molar-refractivity contribution is 5.69. The molecule has 0 aliphatic carbocycles. The average molecular weight is 844 g/mol. The number of aryl methyl sites for hydroxylation is 2. The first-order valence-electron chi connectivity index (χ1n) is 21.3. The van der Waals surface area contributed by atoms with Crippen LogP contribution in [0.1, 0.15) is 86.3 Å². The zero-order valence-corrected chi connectivity index (χ0v) is 38.1. The Morgan fingerprint density at radius 1 is 0.476 bits per heavy atom. The molecule has 0 radical (unpaired) electrons. The third-order valence-corrected chi connectivity index (χ3v) is 10.8. The fourth-order valence-corrected chi connectivity index (χ4v) is 7.97. The number of benzene rings is 3. The van der Waals surface area contributed by atoms with Crippen molar-refractivity contribution in [2.75, 3.05) is 0 Å². The zero-order valence-electron chi connectivity index (χ0n) is 38.1. The van der Waals surface area contributed by atoms with Gasteiger partial charge in [0.2, 0.25) is 16.9 Å². The normalized spacial score (nSPS) is 12.0. The van der Waals surface area contributed by atoms with Gasteiger partial charge in [0.15, 0.2) is 0 Å². The van der Waals surface area contributed by atoms with E-state index in [2.05, 4.69) is 82.2 Å². The Morgan fingerprint density at radius 3 is 1.24 bits per heavy atom. The molecule has 9 aromatic rings. The molecule has 12 nitrogen and oxygen atoms in total. The molecule has 0 fully saturated rings. The lowest BCUT2D eigenvalue weighted by molar-refractivity contribution is 0.563. The van der Waals surface area contributed by atoms with Crippen molar-refractivity contribution in [3.63, 3.8) is 0 Å². The third-order valence-electron chi connectivity index (χ3n) is 10.8. The highest BCUT2D eigenvalue weighted by Gasteiger charge is 2.28. The van der Waals surface area contributed by atoms with Crippen LogP contribution in [0.15, 0.2) is 143 Å². The second-order valence-corrected chi connectivity index (χ2v) is 18.7. The van der Waals surface area contributed by atoms with Crippen molar-refractivity contribution in [2.24, 2.45) is 7.05 Å². The molecule has 9 rings (SSSR count). The van der Waals surface area contributed by atoms with Crippen LogP contribution in [-0.2, 0) is 29.8 Å². The van der Waals surface area contributed by atoms with E-state index in [9.17, 15) is 14.4 Å². The molecule has 0 amide bonds. The summed E-state index contributed by atoms with van der Waals surface area (Å²) >= 11 is 0. The largest absolute Gasteiger partial charge is 0.324 e. The second-order valence-electron chi connectivity index (χ2n) is 18.7. The predicted octanol–water partition coefficient (Wildman–Crippen LogP) is 9.47. The van der Waals surface area contributed by atoms with Gasteiger partial charge in [-0.25, -0.2) is 15.0 Å². The van der Waals surface area contributed by atoms with E-state index in [1.54, 1.807) is 28.6 Å². The molecule has 1 N–H and O–H groups in total. The number of aromatic amines is 1. The van der Waals surface area contributed by atoms with Crippen molar-refractivity contribution in [1.29, 1.82) is 0 Å². The summed E-state index contributed by atoms with van der Waals surface area (Å²) < 4.78 is 9.00. The van der Waals surface area contributed by atoms with Gasteiger partial charge in [-0.15, -0.1) is 0 Å². The van der Waals surface area contributed by atoms with E-state index in [4.69, 9.17) is 0 Å². The Morgan fingerprint density at radius 2 is 0.841 bits per heavy atom. The van der Waals surface area contributed by atoms with E-state index < -0.39 is 0 Å². The molecule has 0 atom stereocenters. The molecule has 63 heavy (non-hydrogen) atoms. The topological polar surface area (TPSA) is 129 Å². The minimum atomic E-state index is -0.166. The minimum absolute atomic E-state index is 0.0438. The summed E-state index contributed by atoms with van der Waals surface area (Å²) in [6.45, 7) is 21.9. The molecule has 3 aromatic carbocycles. The van der Waals surface area contributed by atoms with E-state index >= 15 is 0 Å². The second kappa shape index (κ2) is 17.0. The van der Waals surface area contributed by atoms with Crippen LogP contribution in [0.2, 0.25) is 0 Å². The molecule has 0 aliphatic rings. The molecule has 12 heteroatoms. The first-order valence-corrected chi connectivity index (χ1v) is 21.3. The van der Waals surface area contributed by atoms with Crippen molar-refractivity contribution in [1.82, 2.24) is 42.3 Å². The lowest BCUT2D eigenvalue weighted by Crippen LogP contribution is -2.22. The van der Waals surface area contributed by atoms with Crippen molar-refractivity contribution in [2.45, 2.75) is 92.0 Å². The summed E-state index contributed by atoms with van der Waals surface area (Å²) in [7, 11) is 1.75. The number of H-pyrrole nitrogens is 1. The van der Waals surface area contributed by atoms with Crippen LogP contribution < -0.4 is 16.7 Å². The highest BCUT2D eigenvalue weighted by Crippen LogP contribution is 2.35. The quantitative estimate of drug-likeness (QED) is 0.188. The van der Waals surface area contributed by atoms with Gasteiger partial charge in [0.25, 0.3) is 16.7 Å². The Balaban J connectivity index is 0.000000142. The summed E-state index contributed by atoms with van der Waals surface area (Å²) in [6, 6.07) is 30.0. The SMILES string of the molecule is CC(C)(C)c1c(-c2ccccc2)nc2c(=O)[nH]ccn12.CCn1ccn2c(C(C)(C)C)c(-c3ccccc3)nc2c1=O.Cn1ccn2c(C(C)(C)C)c(-c3ccccc3)nc2c1=O. The van der Waals surface area contributed by atoms with Gasteiger partial charge in [0.05, 0.1) is 34.2 Å². The number of nitrogens with one attached hydrogen (secondary N) is 1. The van der Waals surface area contributed by atoms with Crippen LogP contribution in [0.3, 0.4) is 0 Å². The molecular formula is C51H57N9O3. The van der Waals surface area contributed by atoms with E-state index in [-0.39, 0.29) is 32.9 Å². The Hall–Kier alpha value is -7.08. The maximum atomic E-state index is 12.6. The van der Waals surface area contributed by atoms with Crippen molar-refractivity contribution < 1.29 is 0 Å². The summed E-state index contributed by atoms with van der Waals surface area (Å²) in [6.07, 6.45) is 11.0. The first kappa shape index (κ1) is 44.0. The zero-order chi connectivity index (χ0) is 45.4. The third kappa shape index (κ3) is 8.71. The van der Waals surface area contributed by atoms with E-state index in [1.807, 2.05) is 136 Å². The van der Waals surface area contributed by atoms with E-state index in [0.29, 0.717) is 23.5 Å². The molecule has 6 aromatic heterocycles. The summed E-state index contributed by atoms with van der Waals surface area (Å²) in [5, 5.41) is 0. The molecule has 0 saturated carbocycles. The van der Waals surface area contributed by atoms with Crippen molar-refractivity contribution in [3.8, 4) is 33.8 Å². The Bertz CT molecular complexity index is 3220. The van der Waals surface area contributed by atoms with Crippen LogP contribution in [0, 0.1) is 0 Å². The number of hydrogen-bond donors (Lipinski definition) is 1. The molecule has 0 aliphatic heterocycles. The molecule has 0 unspecified atom stereocenters. The molecule has 0 bridgehead atoms. The van der Waals surface area contributed by atoms with Crippen LogP contribution in [0.25, 0.3) is 50.7 Å². The number of imidazole rings is 3. The smallest absolute Gasteiger partial charge is 0.294 e. The molecule has 6 heterocycles. The first-order chi connectivity index (χ1) is 29.8. The van der Waals surface area contributed by atoms with E-state index in [0.717, 1.165) is 50.9 Å². The van der Waals surface area contributed by atoms with Crippen LogP contribution in [0.5, 0.6) is 0 Å². The fraction of sp³-hybridized carbons (Fsp3) is 0.294. The number of rotatable bonds is 4. The highest BCUT2D eigenvalue weighted by atomic mass is 16.1. The van der Waals surface area contributed by atoms with Gasteiger partial charge in [0, 0.05) is 83.7 Å². The van der Waals surface area contributed by atoms with Gasteiger partial charge < -0.3 is 14.1 Å². The molecule has 324 valence electrons. The van der Waals surface area contributed by atoms with Gasteiger partial charge in [-0.1, -0.05) is 153 Å². The van der Waals surface area contributed by atoms with Gasteiger partial charge in [-0.2, -0.15) is 0 Å². The maximum Gasteiger partial charge on any atom is 0.294 e. The summed E-state index contributed by atoms with van der Waals surface area (Å²) in [4.78, 5) is 53.4. The van der Waals surface area contributed by atoms with Gasteiger partial charge >= 0.3 is 0 Å². The van der Waals surface area contributed by atoms with Crippen molar-refractivity contribution >= 4 is 16.9 Å². The molecule has 0 saturated heterocycles. The number of aromatic nitrogens is 9. The molecule has 0 spiro atoms. The standard InChI is InChI=1S/C18H21N3O.C17H19N3O.C16H17N3O/c1-5-20-11-12-21-15(18(2,3)4)14(19-16(21)17(20)22)13-9-7-6-8-10-13;1-17(2,3)14-13(12-8-6-5-7-9-12)18-15-16(21)19(4)10-11-20(14)15;1-16(2,3)13-12(11-7-5-4-6-8-11)18-14-15(20)17-9-10-19(13)14/h6-12H,5H2,1-4H3;5-11H,1-4H3;4-10H,1-3H3,(H,17,20). The van der Waals surface area contributed by atoms with E-state index in [1.165, 1.54) is 0 Å². The van der Waals surface area contributed by atoms with Crippen LogP contribution in [0.4, 0.5) is 0 Å². The number of nitrogens with zero attached hydrogens (tertiary/aromatic N) is 8. The maximum absolute atomic E-state index is 12.6. The fourth-order valence-electron chi connectivity index (χ4n) is 7.97. The predicted molar refractivity (Wildman–Crippen MR) is 254 cm³/mol. The average Bonchev–Trinajstić information content (AvgIpc) is 3.98. The lowest BCUT2D eigenvalue weighted by atomic mass is 9.89. The van der Waals surface area contributed by atoms with Crippen molar-refractivity contribution in [3.05, 3.63) is 176 Å². The monoisotopic (exact) mass is 843 g/mol. The summed E-state index contributed by atoms with van der Waals surface area (Å²) in [5.41, 5.74) is 9.69. The van der Waals surface area contributed by atoms with Crippen LogP contribution >= 0.6 is 0 Å². The molecular weight excluding hydrogens is 787 g/mol. The number of fused-ring (bicyclic) bond motifs is 3. The Labute approximate surface area is 367 Å². The van der Waals surface area contributed by atoms with Gasteiger partial charge in [-0.3, -0.25) is 27.6 Å². The summed E-state index contributed by atoms with van der Waals surface area (Å²) in [5.74, 6) is 0. The van der Waals surface area contributed by atoms with Gasteiger partial charge in [-0.05, 0) is 6.92 Å². The number of hydrogen-bond acceptors (Lipinski definition) is 6.